The molecule has 0 saturated heterocycles. The van der Waals surface area contributed by atoms with Gasteiger partial charge in [0.25, 0.3) is 0 Å². The minimum Gasteiger partial charge on any atom is -0.490 e. The van der Waals surface area contributed by atoms with Crippen molar-refractivity contribution in [3.05, 3.63) is 29.1 Å². The van der Waals surface area contributed by atoms with Crippen LogP contribution in [-0.2, 0) is 0 Å². The first-order valence-electron chi connectivity index (χ1n) is 5.30. The lowest BCUT2D eigenvalue weighted by Crippen LogP contribution is -2.16. The van der Waals surface area contributed by atoms with Gasteiger partial charge in [0.2, 0.25) is 0 Å². The van der Waals surface area contributed by atoms with E-state index in [0.29, 0.717) is 16.9 Å². The maximum atomic E-state index is 13.2. The largest absolute Gasteiger partial charge is 0.490 e. The Labute approximate surface area is 95.0 Å². The fraction of sp³-hybridized carbons (Fsp3) is 0.500. The van der Waals surface area contributed by atoms with E-state index in [1.807, 2.05) is 13.8 Å². The van der Waals surface area contributed by atoms with Gasteiger partial charge in [-0.25, -0.2) is 4.39 Å². The van der Waals surface area contributed by atoms with Gasteiger partial charge in [-0.2, -0.15) is 0 Å². The molecule has 0 bridgehead atoms. The summed E-state index contributed by atoms with van der Waals surface area (Å²) in [6.07, 6.45) is -0.934. The van der Waals surface area contributed by atoms with E-state index in [2.05, 4.69) is 0 Å². The Hall–Kier alpha value is -1.13. The molecule has 0 amide bonds. The molecule has 0 aliphatic carbocycles. The fourth-order valence-corrected chi connectivity index (χ4v) is 1.53. The van der Waals surface area contributed by atoms with Gasteiger partial charge in [-0.15, -0.1) is 0 Å². The van der Waals surface area contributed by atoms with Gasteiger partial charge in [-0.1, -0.05) is 0 Å². The van der Waals surface area contributed by atoms with Gasteiger partial charge in [-0.3, -0.25) is 0 Å². The van der Waals surface area contributed by atoms with Gasteiger partial charge in [0.15, 0.2) is 0 Å². The van der Waals surface area contributed by atoms with Crippen molar-refractivity contribution in [3.8, 4) is 5.75 Å². The molecule has 4 heteroatoms. The van der Waals surface area contributed by atoms with E-state index in [4.69, 9.17) is 10.5 Å². The number of aryl methyl sites for hydroxylation is 1. The molecule has 0 aliphatic rings. The topological polar surface area (TPSA) is 55.5 Å². The quantitative estimate of drug-likeness (QED) is 0.826. The maximum Gasteiger partial charge on any atom is 0.128 e. The lowest BCUT2D eigenvalue weighted by molar-refractivity contribution is 0.172. The van der Waals surface area contributed by atoms with Crippen LogP contribution in [0.1, 0.15) is 31.1 Å². The Kier molecular flexibility index (Phi) is 4.26. The second-order valence-electron chi connectivity index (χ2n) is 4.06. The number of nitrogens with two attached hydrogens (primary N) is 1. The minimum atomic E-state index is -0.900. The molecule has 3 N–H and O–H groups in total. The number of hydrogen-bond acceptors (Lipinski definition) is 3. The molecule has 0 radical (unpaired) electrons. The normalized spacial score (nSPS) is 12.9. The lowest BCUT2D eigenvalue weighted by Gasteiger charge is -2.19. The second kappa shape index (κ2) is 5.27. The highest BCUT2D eigenvalue weighted by molar-refractivity contribution is 5.43. The standard InChI is InChI=1S/C12H18FNO2/c1-7(2)16-12-8(3)4-9(13)5-10(12)11(15)6-14/h4-5,7,11,15H,6,14H2,1-3H3. The molecule has 1 aromatic carbocycles. The number of hydrogen-bond donors (Lipinski definition) is 2. The molecule has 1 unspecified atom stereocenters. The third kappa shape index (κ3) is 2.93. The Morgan fingerprint density at radius 3 is 2.56 bits per heavy atom. The molecular weight excluding hydrogens is 209 g/mol. The third-order valence-electron chi connectivity index (χ3n) is 2.20. The summed E-state index contributed by atoms with van der Waals surface area (Å²) in [6.45, 7) is 5.54. The van der Waals surface area contributed by atoms with E-state index in [-0.39, 0.29) is 12.6 Å². The SMILES string of the molecule is Cc1cc(F)cc(C(O)CN)c1OC(C)C. The zero-order chi connectivity index (χ0) is 12.3. The molecule has 1 aromatic rings. The third-order valence-corrected chi connectivity index (χ3v) is 2.20. The first-order valence-corrected chi connectivity index (χ1v) is 5.30. The van der Waals surface area contributed by atoms with Gasteiger partial charge in [0.1, 0.15) is 11.6 Å². The zero-order valence-corrected chi connectivity index (χ0v) is 9.83. The summed E-state index contributed by atoms with van der Waals surface area (Å²) in [5.41, 5.74) is 6.45. The molecular formula is C12H18FNO2. The molecule has 1 rings (SSSR count). The highest BCUT2D eigenvalue weighted by Crippen LogP contribution is 2.30. The van der Waals surface area contributed by atoms with Gasteiger partial charge >= 0.3 is 0 Å². The van der Waals surface area contributed by atoms with Crippen molar-refractivity contribution < 1.29 is 14.2 Å². The zero-order valence-electron chi connectivity index (χ0n) is 9.83. The fourth-order valence-electron chi connectivity index (χ4n) is 1.53. The van der Waals surface area contributed by atoms with Crippen LogP contribution in [-0.4, -0.2) is 17.8 Å². The summed E-state index contributed by atoms with van der Waals surface area (Å²) >= 11 is 0. The molecule has 0 aromatic heterocycles. The molecule has 16 heavy (non-hydrogen) atoms. The van der Waals surface area contributed by atoms with E-state index < -0.39 is 11.9 Å². The van der Waals surface area contributed by atoms with Crippen molar-refractivity contribution in [1.82, 2.24) is 0 Å². The average Bonchev–Trinajstić information content (AvgIpc) is 2.20. The molecule has 0 heterocycles. The van der Waals surface area contributed by atoms with Crippen molar-refractivity contribution in [3.63, 3.8) is 0 Å². The second-order valence-corrected chi connectivity index (χ2v) is 4.06. The van der Waals surface area contributed by atoms with Gasteiger partial charge in [0.05, 0.1) is 12.2 Å². The van der Waals surface area contributed by atoms with Gasteiger partial charge in [-0.05, 0) is 38.5 Å². The monoisotopic (exact) mass is 227 g/mol. The first kappa shape index (κ1) is 12.9. The number of benzene rings is 1. The molecule has 0 saturated carbocycles. The van der Waals surface area contributed by atoms with Crippen LogP contribution in [0.5, 0.6) is 5.75 Å². The Bertz CT molecular complexity index is 366. The average molecular weight is 227 g/mol. The van der Waals surface area contributed by atoms with Crippen molar-refractivity contribution in [2.24, 2.45) is 5.73 Å². The summed E-state index contributed by atoms with van der Waals surface area (Å²) in [5, 5.41) is 9.70. The van der Waals surface area contributed by atoms with Gasteiger partial charge < -0.3 is 15.6 Å². The Balaban J connectivity index is 3.20. The molecule has 0 aliphatic heterocycles. The summed E-state index contributed by atoms with van der Waals surface area (Å²) < 4.78 is 18.8. The van der Waals surface area contributed by atoms with Crippen LogP contribution < -0.4 is 10.5 Å². The van der Waals surface area contributed by atoms with Gasteiger partial charge in [0, 0.05) is 12.1 Å². The number of rotatable bonds is 4. The van der Waals surface area contributed by atoms with Crippen LogP contribution in [0.15, 0.2) is 12.1 Å². The van der Waals surface area contributed by atoms with Crippen LogP contribution in [0, 0.1) is 12.7 Å². The van der Waals surface area contributed by atoms with E-state index in [0.717, 1.165) is 0 Å². The van der Waals surface area contributed by atoms with Crippen molar-refractivity contribution >= 4 is 0 Å². The van der Waals surface area contributed by atoms with E-state index in [1.54, 1.807) is 6.92 Å². The first-order chi connectivity index (χ1) is 7.45. The highest BCUT2D eigenvalue weighted by Gasteiger charge is 2.17. The molecule has 90 valence electrons. The summed E-state index contributed by atoms with van der Waals surface area (Å²) in [5.74, 6) is 0.130. The van der Waals surface area contributed by atoms with E-state index in [1.165, 1.54) is 12.1 Å². The predicted octanol–water partition coefficient (Wildman–Crippen LogP) is 1.91. The van der Waals surface area contributed by atoms with Crippen LogP contribution in [0.4, 0.5) is 4.39 Å². The number of ether oxygens (including phenoxy) is 1. The highest BCUT2D eigenvalue weighted by atomic mass is 19.1. The Morgan fingerprint density at radius 1 is 1.44 bits per heavy atom. The number of halogens is 1. The lowest BCUT2D eigenvalue weighted by atomic mass is 10.0. The summed E-state index contributed by atoms with van der Waals surface area (Å²) in [7, 11) is 0. The van der Waals surface area contributed by atoms with Crippen LogP contribution >= 0.6 is 0 Å². The smallest absolute Gasteiger partial charge is 0.128 e. The molecule has 3 nitrogen and oxygen atoms in total. The summed E-state index contributed by atoms with van der Waals surface area (Å²) in [4.78, 5) is 0. The van der Waals surface area contributed by atoms with Crippen LogP contribution in [0.3, 0.4) is 0 Å². The van der Waals surface area contributed by atoms with E-state index in [9.17, 15) is 9.50 Å². The van der Waals surface area contributed by atoms with Crippen LogP contribution in [0.2, 0.25) is 0 Å². The van der Waals surface area contributed by atoms with Crippen LogP contribution in [0.25, 0.3) is 0 Å². The maximum absolute atomic E-state index is 13.2. The molecule has 0 spiro atoms. The Morgan fingerprint density at radius 2 is 2.06 bits per heavy atom. The van der Waals surface area contributed by atoms with Crippen molar-refractivity contribution in [1.29, 1.82) is 0 Å². The number of aliphatic hydroxyl groups is 1. The van der Waals surface area contributed by atoms with E-state index >= 15 is 0 Å². The number of aliphatic hydroxyl groups excluding tert-OH is 1. The molecule has 1 atom stereocenters. The molecule has 0 fully saturated rings. The van der Waals surface area contributed by atoms with Crippen molar-refractivity contribution in [2.45, 2.75) is 33.0 Å². The summed E-state index contributed by atoms with van der Waals surface area (Å²) in [6, 6.07) is 2.65. The predicted molar refractivity (Wildman–Crippen MR) is 60.9 cm³/mol. The minimum absolute atomic E-state index is 0.0344. The van der Waals surface area contributed by atoms with Crippen molar-refractivity contribution in [2.75, 3.05) is 6.54 Å².